The van der Waals surface area contributed by atoms with Gasteiger partial charge < -0.3 is 4.74 Å². The Morgan fingerprint density at radius 3 is 2.34 bits per heavy atom. The summed E-state index contributed by atoms with van der Waals surface area (Å²) >= 11 is 5.81. The summed E-state index contributed by atoms with van der Waals surface area (Å²) in [6.45, 7) is -0.904. The summed E-state index contributed by atoms with van der Waals surface area (Å²) in [7, 11) is 0. The molecule has 3 fully saturated rings. The van der Waals surface area contributed by atoms with Crippen LogP contribution in [0.4, 0.5) is 0 Å². The van der Waals surface area contributed by atoms with Gasteiger partial charge in [-0.05, 0) is 60.4 Å². The summed E-state index contributed by atoms with van der Waals surface area (Å²) < 4.78 is 5.06. The van der Waals surface area contributed by atoms with Crippen molar-refractivity contribution >= 4 is 35.2 Å². The molecule has 1 aliphatic heterocycles. The lowest BCUT2D eigenvalue weighted by molar-refractivity contribution is -0.152. The van der Waals surface area contributed by atoms with Crippen LogP contribution in [-0.4, -0.2) is 41.6 Å². The molecule has 0 aromatic heterocycles. The average molecular weight is 452 g/mol. The topological polar surface area (TPSA) is 80.8 Å². The SMILES string of the molecule is O=C(CN1C(=O)[C@@H]2[C@H]3C[C@H]([C@H]2C1=O)[C@H](c1ccccc1)C3)OCC(=O)c1ccc(Cl)cc1. The van der Waals surface area contributed by atoms with E-state index in [2.05, 4.69) is 12.1 Å². The van der Waals surface area contributed by atoms with Gasteiger partial charge in [0.1, 0.15) is 6.54 Å². The fraction of sp³-hybridized carbons (Fsp3) is 0.360. The fourth-order valence-electron chi connectivity index (χ4n) is 5.80. The molecule has 3 aliphatic rings. The van der Waals surface area contributed by atoms with Gasteiger partial charge in [0.25, 0.3) is 0 Å². The predicted octanol–water partition coefficient (Wildman–Crippen LogP) is 3.49. The van der Waals surface area contributed by atoms with Crippen molar-refractivity contribution in [1.29, 1.82) is 0 Å². The van der Waals surface area contributed by atoms with E-state index in [4.69, 9.17) is 16.3 Å². The normalized spacial score (nSPS) is 28.2. The van der Waals surface area contributed by atoms with E-state index in [1.54, 1.807) is 24.3 Å². The number of ether oxygens (including phenoxy) is 1. The molecular weight excluding hydrogens is 430 g/mol. The number of Topliss-reactive ketones (excluding diaryl/α,β-unsaturated/α-hetero) is 1. The van der Waals surface area contributed by atoms with Crippen LogP contribution in [0.1, 0.15) is 34.7 Å². The molecule has 5 atom stereocenters. The summed E-state index contributed by atoms with van der Waals surface area (Å²) in [4.78, 5) is 51.6. The molecule has 32 heavy (non-hydrogen) atoms. The van der Waals surface area contributed by atoms with Crippen LogP contribution in [0.15, 0.2) is 54.6 Å². The third-order valence-corrected chi connectivity index (χ3v) is 7.40. The largest absolute Gasteiger partial charge is 0.456 e. The maximum Gasteiger partial charge on any atom is 0.326 e. The molecule has 0 N–H and O–H groups in total. The zero-order valence-electron chi connectivity index (χ0n) is 17.3. The van der Waals surface area contributed by atoms with Crippen LogP contribution in [0.5, 0.6) is 0 Å². The summed E-state index contributed by atoms with van der Waals surface area (Å²) in [6, 6.07) is 16.4. The van der Waals surface area contributed by atoms with Gasteiger partial charge in [-0.2, -0.15) is 0 Å². The first-order chi connectivity index (χ1) is 15.4. The first kappa shape index (κ1) is 20.9. The summed E-state index contributed by atoms with van der Waals surface area (Å²) in [5, 5.41) is 0.499. The minimum Gasteiger partial charge on any atom is -0.456 e. The van der Waals surface area contributed by atoms with Crippen LogP contribution < -0.4 is 0 Å². The van der Waals surface area contributed by atoms with Crippen molar-refractivity contribution < 1.29 is 23.9 Å². The molecule has 0 spiro atoms. The lowest BCUT2D eigenvalue weighted by atomic mass is 9.73. The lowest BCUT2D eigenvalue weighted by Crippen LogP contribution is -2.38. The Morgan fingerprint density at radius 1 is 0.938 bits per heavy atom. The molecule has 2 saturated carbocycles. The van der Waals surface area contributed by atoms with Crippen molar-refractivity contribution in [3.8, 4) is 0 Å². The number of rotatable bonds is 6. The molecule has 2 bridgehead atoms. The number of esters is 1. The monoisotopic (exact) mass is 451 g/mol. The molecular formula is C25H22ClNO5. The number of hydrogen-bond acceptors (Lipinski definition) is 5. The van der Waals surface area contributed by atoms with Crippen LogP contribution in [0, 0.1) is 23.7 Å². The molecule has 2 aromatic rings. The highest BCUT2D eigenvalue weighted by Gasteiger charge is 2.64. The third-order valence-electron chi connectivity index (χ3n) is 7.15. The molecule has 6 nitrogen and oxygen atoms in total. The van der Waals surface area contributed by atoms with Crippen molar-refractivity contribution in [2.45, 2.75) is 18.8 Å². The smallest absolute Gasteiger partial charge is 0.326 e. The summed E-state index contributed by atoms with van der Waals surface area (Å²) in [5.41, 5.74) is 1.57. The highest BCUT2D eigenvalue weighted by atomic mass is 35.5. The van der Waals surface area contributed by atoms with E-state index < -0.39 is 19.1 Å². The van der Waals surface area contributed by atoms with Crippen molar-refractivity contribution in [3.05, 3.63) is 70.7 Å². The molecule has 2 amide bonds. The predicted molar refractivity (Wildman–Crippen MR) is 116 cm³/mol. The number of likely N-dealkylation sites (tertiary alicyclic amines) is 1. The van der Waals surface area contributed by atoms with Gasteiger partial charge in [-0.25, -0.2) is 0 Å². The first-order valence-electron chi connectivity index (χ1n) is 10.8. The van der Waals surface area contributed by atoms with Crippen LogP contribution in [0.3, 0.4) is 0 Å². The van der Waals surface area contributed by atoms with Gasteiger partial charge >= 0.3 is 5.97 Å². The van der Waals surface area contributed by atoms with Gasteiger partial charge in [-0.1, -0.05) is 41.9 Å². The number of hydrogen-bond donors (Lipinski definition) is 0. The van der Waals surface area contributed by atoms with E-state index >= 15 is 0 Å². The molecule has 1 heterocycles. The average Bonchev–Trinajstić information content (AvgIpc) is 3.46. The number of imide groups is 1. The standard InChI is InChI=1S/C25H22ClNO5/c26-17-8-6-15(7-9-17)20(28)13-32-21(29)12-27-24(30)22-16-10-18(14-4-2-1-3-5-14)19(11-16)23(22)25(27)31/h1-9,16,18-19,22-23H,10-13H2/t16-,18+,19+,22-,23-/m1/s1. The number of halogens is 1. The van der Waals surface area contributed by atoms with Crippen LogP contribution in [0.25, 0.3) is 0 Å². The first-order valence-corrected chi connectivity index (χ1v) is 11.2. The van der Waals surface area contributed by atoms with E-state index in [0.717, 1.165) is 17.7 Å². The Morgan fingerprint density at radius 2 is 1.62 bits per heavy atom. The number of carbonyl (C=O) groups is 4. The minimum atomic E-state index is -0.763. The fourth-order valence-corrected chi connectivity index (χ4v) is 5.93. The number of benzene rings is 2. The molecule has 2 aromatic carbocycles. The van der Waals surface area contributed by atoms with E-state index in [1.807, 2.05) is 18.2 Å². The summed E-state index contributed by atoms with van der Waals surface area (Å²) in [5.74, 6) is -1.85. The number of carbonyl (C=O) groups excluding carboxylic acids is 4. The van der Waals surface area contributed by atoms with Crippen molar-refractivity contribution in [2.75, 3.05) is 13.2 Å². The van der Waals surface area contributed by atoms with Gasteiger partial charge in [-0.15, -0.1) is 0 Å². The molecule has 1 saturated heterocycles. The van der Waals surface area contributed by atoms with E-state index in [-0.39, 0.29) is 47.2 Å². The minimum absolute atomic E-state index is 0.122. The Kier molecular flexibility index (Phi) is 5.33. The maximum atomic E-state index is 13.1. The molecule has 0 radical (unpaired) electrons. The number of ketones is 1. The van der Waals surface area contributed by atoms with Crippen molar-refractivity contribution in [2.24, 2.45) is 23.7 Å². The quantitative estimate of drug-likeness (QED) is 0.381. The number of fused-ring (bicyclic) bond motifs is 5. The Hall–Kier alpha value is -2.99. The lowest BCUT2D eigenvalue weighted by Gasteiger charge is -2.28. The van der Waals surface area contributed by atoms with E-state index in [9.17, 15) is 19.2 Å². The highest BCUT2D eigenvalue weighted by Crippen LogP contribution is 2.61. The van der Waals surface area contributed by atoms with Gasteiger partial charge in [0.15, 0.2) is 12.4 Å². The number of nitrogens with zero attached hydrogens (tertiary/aromatic N) is 1. The van der Waals surface area contributed by atoms with Gasteiger partial charge in [0, 0.05) is 10.6 Å². The second kappa shape index (κ2) is 8.17. The maximum absolute atomic E-state index is 13.1. The molecule has 0 unspecified atom stereocenters. The van der Waals surface area contributed by atoms with Gasteiger partial charge in [0.05, 0.1) is 11.8 Å². The molecule has 2 aliphatic carbocycles. The molecule has 7 heteroatoms. The Bertz CT molecular complexity index is 1080. The van der Waals surface area contributed by atoms with Crippen molar-refractivity contribution in [1.82, 2.24) is 4.90 Å². The van der Waals surface area contributed by atoms with Gasteiger partial charge in [0.2, 0.25) is 11.8 Å². The highest BCUT2D eigenvalue weighted by molar-refractivity contribution is 6.30. The zero-order chi connectivity index (χ0) is 22.4. The van der Waals surface area contributed by atoms with Crippen LogP contribution >= 0.6 is 11.6 Å². The summed E-state index contributed by atoms with van der Waals surface area (Å²) in [6.07, 6.45) is 1.77. The van der Waals surface area contributed by atoms with Gasteiger partial charge in [-0.3, -0.25) is 24.1 Å². The van der Waals surface area contributed by atoms with Crippen LogP contribution in [-0.2, 0) is 19.1 Å². The van der Waals surface area contributed by atoms with Crippen LogP contribution in [0.2, 0.25) is 5.02 Å². The second-order valence-corrected chi connectivity index (χ2v) is 9.25. The molecule has 5 rings (SSSR count). The third kappa shape index (κ3) is 3.52. The Labute approximate surface area is 190 Å². The van der Waals surface area contributed by atoms with E-state index in [0.29, 0.717) is 10.6 Å². The van der Waals surface area contributed by atoms with E-state index in [1.165, 1.54) is 5.56 Å². The molecule has 164 valence electrons. The number of amides is 2. The second-order valence-electron chi connectivity index (χ2n) is 8.82. The Balaban J connectivity index is 1.22. The van der Waals surface area contributed by atoms with Crippen molar-refractivity contribution in [3.63, 3.8) is 0 Å². The zero-order valence-corrected chi connectivity index (χ0v) is 18.0.